The number of carbonyl (C=O) groups excluding carboxylic acids is 1. The number of hydrogen-bond donors (Lipinski definition) is 1. The van der Waals surface area contributed by atoms with Gasteiger partial charge < -0.3 is 19.4 Å². The van der Waals surface area contributed by atoms with Gasteiger partial charge in [-0.3, -0.25) is 4.79 Å². The van der Waals surface area contributed by atoms with Crippen molar-refractivity contribution in [1.82, 2.24) is 10.2 Å². The van der Waals surface area contributed by atoms with E-state index in [9.17, 15) is 4.79 Å². The van der Waals surface area contributed by atoms with Gasteiger partial charge in [0.2, 0.25) is 0 Å². The average molecular weight is 330 g/mol. The van der Waals surface area contributed by atoms with Crippen LogP contribution in [0.15, 0.2) is 22.6 Å². The standard InChI is InChI=1S/C19H26N2O3/c1-3-4-9-20-13-14-7-8-16(23-2)18-15(14)12-17(24-18)19(22)21-10-5-6-11-21/h7-8,12,20H,3-6,9-11,13H2,1-2H3. The van der Waals surface area contributed by atoms with E-state index in [0.717, 1.165) is 56.4 Å². The molecule has 0 atom stereocenters. The summed E-state index contributed by atoms with van der Waals surface area (Å²) in [6.07, 6.45) is 4.47. The summed E-state index contributed by atoms with van der Waals surface area (Å²) in [6, 6.07) is 5.82. The Bertz CT molecular complexity index is 702. The highest BCUT2D eigenvalue weighted by Gasteiger charge is 2.24. The maximum absolute atomic E-state index is 12.6. The topological polar surface area (TPSA) is 54.7 Å². The van der Waals surface area contributed by atoms with Crippen molar-refractivity contribution in [3.8, 4) is 5.75 Å². The summed E-state index contributed by atoms with van der Waals surface area (Å²) in [4.78, 5) is 14.5. The number of fused-ring (bicyclic) bond motifs is 1. The van der Waals surface area contributed by atoms with E-state index >= 15 is 0 Å². The Labute approximate surface area is 143 Å². The molecule has 24 heavy (non-hydrogen) atoms. The van der Waals surface area contributed by atoms with Crippen LogP contribution in [-0.4, -0.2) is 37.6 Å². The van der Waals surface area contributed by atoms with Gasteiger partial charge in [0.05, 0.1) is 7.11 Å². The molecule has 2 aromatic rings. The van der Waals surface area contributed by atoms with Gasteiger partial charge in [0.1, 0.15) is 0 Å². The molecule has 1 fully saturated rings. The van der Waals surface area contributed by atoms with Crippen molar-refractivity contribution in [2.75, 3.05) is 26.7 Å². The SMILES string of the molecule is CCCCNCc1ccc(OC)c2oc(C(=O)N3CCCC3)cc12. The summed E-state index contributed by atoms with van der Waals surface area (Å²) >= 11 is 0. The van der Waals surface area contributed by atoms with E-state index < -0.39 is 0 Å². The summed E-state index contributed by atoms with van der Waals surface area (Å²) in [7, 11) is 1.62. The summed E-state index contributed by atoms with van der Waals surface area (Å²) in [5.74, 6) is 1.06. The fourth-order valence-corrected chi connectivity index (χ4v) is 3.18. The molecule has 0 bridgehead atoms. The number of benzene rings is 1. The van der Waals surface area contributed by atoms with Crippen LogP contribution in [0.5, 0.6) is 5.75 Å². The van der Waals surface area contributed by atoms with Crippen molar-refractivity contribution in [2.24, 2.45) is 0 Å². The molecule has 2 heterocycles. The number of rotatable bonds is 7. The lowest BCUT2D eigenvalue weighted by atomic mass is 10.1. The molecule has 0 spiro atoms. The van der Waals surface area contributed by atoms with Gasteiger partial charge >= 0.3 is 0 Å². The van der Waals surface area contributed by atoms with Crippen LogP contribution in [0.2, 0.25) is 0 Å². The largest absolute Gasteiger partial charge is 0.493 e. The molecule has 3 rings (SSSR count). The molecular formula is C19H26N2O3. The van der Waals surface area contributed by atoms with E-state index in [1.165, 1.54) is 6.42 Å². The molecule has 1 amide bonds. The highest BCUT2D eigenvalue weighted by atomic mass is 16.5. The predicted octanol–water partition coefficient (Wildman–Crippen LogP) is 3.57. The van der Waals surface area contributed by atoms with E-state index in [-0.39, 0.29) is 5.91 Å². The second-order valence-corrected chi connectivity index (χ2v) is 6.31. The van der Waals surface area contributed by atoms with Gasteiger partial charge in [-0.15, -0.1) is 0 Å². The summed E-state index contributed by atoms with van der Waals surface area (Å²) in [6.45, 7) is 5.56. The molecule has 5 nitrogen and oxygen atoms in total. The molecule has 0 saturated carbocycles. The first-order chi connectivity index (χ1) is 11.7. The first-order valence-corrected chi connectivity index (χ1v) is 8.84. The fourth-order valence-electron chi connectivity index (χ4n) is 3.18. The summed E-state index contributed by atoms with van der Waals surface area (Å²) in [5.41, 5.74) is 1.79. The Hall–Kier alpha value is -2.01. The lowest BCUT2D eigenvalue weighted by Gasteiger charge is -2.12. The van der Waals surface area contributed by atoms with Crippen LogP contribution in [0.3, 0.4) is 0 Å². The van der Waals surface area contributed by atoms with Crippen LogP contribution in [0.4, 0.5) is 0 Å². The zero-order valence-corrected chi connectivity index (χ0v) is 14.6. The molecule has 130 valence electrons. The number of ether oxygens (including phenoxy) is 1. The Morgan fingerprint density at radius 1 is 1.33 bits per heavy atom. The zero-order valence-electron chi connectivity index (χ0n) is 14.6. The highest BCUT2D eigenvalue weighted by Crippen LogP contribution is 2.32. The van der Waals surface area contributed by atoms with Crippen LogP contribution >= 0.6 is 0 Å². The molecule has 1 aliphatic heterocycles. The van der Waals surface area contributed by atoms with Crippen molar-refractivity contribution >= 4 is 16.9 Å². The average Bonchev–Trinajstić information content (AvgIpc) is 3.27. The van der Waals surface area contributed by atoms with E-state index in [4.69, 9.17) is 9.15 Å². The number of carbonyl (C=O) groups is 1. The van der Waals surface area contributed by atoms with E-state index in [0.29, 0.717) is 17.1 Å². The van der Waals surface area contributed by atoms with Crippen molar-refractivity contribution < 1.29 is 13.9 Å². The van der Waals surface area contributed by atoms with Crippen LogP contribution in [0, 0.1) is 0 Å². The molecule has 5 heteroatoms. The van der Waals surface area contributed by atoms with Crippen molar-refractivity contribution in [3.63, 3.8) is 0 Å². The maximum atomic E-state index is 12.6. The molecule has 0 aliphatic carbocycles. The number of nitrogens with zero attached hydrogens (tertiary/aromatic N) is 1. The van der Waals surface area contributed by atoms with Crippen molar-refractivity contribution in [2.45, 2.75) is 39.2 Å². The van der Waals surface area contributed by atoms with Crippen molar-refractivity contribution in [3.05, 3.63) is 29.5 Å². The first-order valence-electron chi connectivity index (χ1n) is 8.84. The predicted molar refractivity (Wildman–Crippen MR) is 94.5 cm³/mol. The van der Waals surface area contributed by atoms with Gasteiger partial charge in [0.15, 0.2) is 17.1 Å². The normalized spacial score (nSPS) is 14.5. The number of unbranched alkanes of at least 4 members (excludes halogenated alkanes) is 1. The monoisotopic (exact) mass is 330 g/mol. The molecule has 1 aromatic carbocycles. The fraction of sp³-hybridized carbons (Fsp3) is 0.526. The van der Waals surface area contributed by atoms with Gasteiger partial charge in [-0.2, -0.15) is 0 Å². The second-order valence-electron chi connectivity index (χ2n) is 6.31. The molecule has 1 aromatic heterocycles. The van der Waals surface area contributed by atoms with Crippen LogP contribution in [-0.2, 0) is 6.54 Å². The van der Waals surface area contributed by atoms with Gasteiger partial charge in [0.25, 0.3) is 5.91 Å². The Morgan fingerprint density at radius 2 is 2.12 bits per heavy atom. The lowest BCUT2D eigenvalue weighted by Crippen LogP contribution is -2.27. The third-order valence-electron chi connectivity index (χ3n) is 4.58. The maximum Gasteiger partial charge on any atom is 0.289 e. The molecule has 1 N–H and O–H groups in total. The number of amides is 1. The lowest BCUT2D eigenvalue weighted by molar-refractivity contribution is 0.0763. The molecule has 1 saturated heterocycles. The summed E-state index contributed by atoms with van der Waals surface area (Å²) < 4.78 is 11.3. The van der Waals surface area contributed by atoms with Crippen LogP contribution in [0.1, 0.15) is 48.7 Å². The second kappa shape index (κ2) is 7.71. The summed E-state index contributed by atoms with van der Waals surface area (Å²) in [5, 5.41) is 4.41. The number of nitrogens with one attached hydrogen (secondary N) is 1. The molecule has 1 aliphatic rings. The quantitative estimate of drug-likeness (QED) is 0.789. The smallest absolute Gasteiger partial charge is 0.289 e. The number of furan rings is 1. The third-order valence-corrected chi connectivity index (χ3v) is 4.58. The van der Waals surface area contributed by atoms with Crippen LogP contribution in [0.25, 0.3) is 11.0 Å². The van der Waals surface area contributed by atoms with Gasteiger partial charge in [-0.1, -0.05) is 19.4 Å². The minimum absolute atomic E-state index is 0.0179. The third kappa shape index (κ3) is 3.41. The first kappa shape index (κ1) is 16.8. The Balaban J connectivity index is 1.88. The zero-order chi connectivity index (χ0) is 16.9. The number of hydrogen-bond acceptors (Lipinski definition) is 4. The van der Waals surface area contributed by atoms with Gasteiger partial charge in [0, 0.05) is 25.0 Å². The molecular weight excluding hydrogens is 304 g/mol. The molecule has 0 unspecified atom stereocenters. The van der Waals surface area contributed by atoms with Crippen molar-refractivity contribution in [1.29, 1.82) is 0 Å². The van der Waals surface area contributed by atoms with Gasteiger partial charge in [-0.05, 0) is 43.5 Å². The number of methoxy groups -OCH3 is 1. The van der Waals surface area contributed by atoms with Crippen LogP contribution < -0.4 is 10.1 Å². The number of likely N-dealkylation sites (tertiary alicyclic amines) is 1. The Kier molecular flexibility index (Phi) is 5.41. The van der Waals surface area contributed by atoms with E-state index in [1.807, 2.05) is 23.1 Å². The molecule has 0 radical (unpaired) electrons. The van der Waals surface area contributed by atoms with Gasteiger partial charge in [-0.25, -0.2) is 0 Å². The van der Waals surface area contributed by atoms with E-state index in [1.54, 1.807) is 7.11 Å². The highest BCUT2D eigenvalue weighted by molar-refractivity contribution is 5.98. The Morgan fingerprint density at radius 3 is 2.83 bits per heavy atom. The minimum atomic E-state index is -0.0179. The van der Waals surface area contributed by atoms with E-state index in [2.05, 4.69) is 12.2 Å². The minimum Gasteiger partial charge on any atom is -0.493 e.